The standard InChI is InChI=1S/C16H23N3OS/c1-2-9-18-16(21)20-11-8-14-6-3-7-15(19-14)13-5-4-10-17-12-13/h2,4-5,10,12,14-15,19H,1,3,6-9,11H2,(H,18,21)/p+1/t14-,15+/m0/s1. The lowest BCUT2D eigenvalue weighted by Crippen LogP contribution is -2.92. The molecule has 0 spiro atoms. The predicted molar refractivity (Wildman–Crippen MR) is 87.9 cm³/mol. The topological polar surface area (TPSA) is 50.8 Å². The summed E-state index contributed by atoms with van der Waals surface area (Å²) in [5.41, 5.74) is 1.33. The van der Waals surface area contributed by atoms with Gasteiger partial charge in [-0.3, -0.25) is 4.98 Å². The molecule has 0 bridgehead atoms. The summed E-state index contributed by atoms with van der Waals surface area (Å²) in [6.07, 6.45) is 10.3. The fourth-order valence-electron chi connectivity index (χ4n) is 2.74. The minimum atomic E-state index is 0.467. The maximum absolute atomic E-state index is 5.53. The van der Waals surface area contributed by atoms with E-state index >= 15 is 0 Å². The highest BCUT2D eigenvalue weighted by molar-refractivity contribution is 7.80. The van der Waals surface area contributed by atoms with Crippen molar-refractivity contribution in [1.82, 2.24) is 10.3 Å². The molecule has 0 amide bonds. The summed E-state index contributed by atoms with van der Waals surface area (Å²) in [4.78, 5) is 4.22. The highest BCUT2D eigenvalue weighted by Crippen LogP contribution is 2.19. The minimum Gasteiger partial charge on any atom is -0.471 e. The zero-order valence-corrected chi connectivity index (χ0v) is 13.1. The number of piperidine rings is 1. The lowest BCUT2D eigenvalue weighted by Gasteiger charge is -2.27. The average molecular weight is 306 g/mol. The summed E-state index contributed by atoms with van der Waals surface area (Å²) in [5.74, 6) is 0. The van der Waals surface area contributed by atoms with Crippen molar-refractivity contribution in [2.75, 3.05) is 13.2 Å². The molecule has 0 radical (unpaired) electrons. The van der Waals surface area contributed by atoms with Crippen LogP contribution in [0.2, 0.25) is 0 Å². The first-order chi connectivity index (χ1) is 10.3. The van der Waals surface area contributed by atoms with Gasteiger partial charge in [0.25, 0.3) is 5.17 Å². The van der Waals surface area contributed by atoms with Crippen molar-refractivity contribution in [3.63, 3.8) is 0 Å². The van der Waals surface area contributed by atoms with Crippen molar-refractivity contribution in [2.24, 2.45) is 0 Å². The summed E-state index contributed by atoms with van der Waals surface area (Å²) in [6, 6.07) is 5.32. The van der Waals surface area contributed by atoms with E-state index in [9.17, 15) is 0 Å². The third kappa shape index (κ3) is 5.44. The van der Waals surface area contributed by atoms with E-state index in [-0.39, 0.29) is 0 Å². The Morgan fingerprint density at radius 2 is 2.48 bits per heavy atom. The molecule has 1 aromatic heterocycles. The molecule has 1 aromatic rings. The van der Waals surface area contributed by atoms with Crippen LogP contribution in [0.25, 0.3) is 0 Å². The van der Waals surface area contributed by atoms with Gasteiger partial charge in [0, 0.05) is 37.3 Å². The number of ether oxygens (including phenoxy) is 1. The molecule has 0 aromatic carbocycles. The highest BCUT2D eigenvalue weighted by atomic mass is 32.1. The van der Waals surface area contributed by atoms with Crippen LogP contribution in [0.15, 0.2) is 37.2 Å². The van der Waals surface area contributed by atoms with Crippen molar-refractivity contribution in [1.29, 1.82) is 0 Å². The lowest BCUT2D eigenvalue weighted by atomic mass is 9.93. The summed E-state index contributed by atoms with van der Waals surface area (Å²) in [6.45, 7) is 4.96. The van der Waals surface area contributed by atoms with Crippen molar-refractivity contribution in [3.05, 3.63) is 42.7 Å². The van der Waals surface area contributed by atoms with E-state index in [0.29, 0.717) is 30.4 Å². The molecule has 1 saturated heterocycles. The smallest absolute Gasteiger partial charge is 0.256 e. The van der Waals surface area contributed by atoms with E-state index in [4.69, 9.17) is 17.0 Å². The Balaban J connectivity index is 1.72. The van der Waals surface area contributed by atoms with Crippen LogP contribution in [0, 0.1) is 0 Å². The fourth-order valence-corrected chi connectivity index (χ4v) is 2.91. The molecule has 0 unspecified atom stereocenters. The Labute approximate surface area is 132 Å². The van der Waals surface area contributed by atoms with E-state index in [1.54, 1.807) is 6.08 Å². The Kier molecular flexibility index (Phi) is 6.63. The third-order valence-corrected chi connectivity index (χ3v) is 4.08. The molecule has 4 nitrogen and oxygen atoms in total. The van der Waals surface area contributed by atoms with Crippen LogP contribution in [-0.2, 0) is 4.74 Å². The molecule has 3 N–H and O–H groups in total. The number of pyridine rings is 1. The van der Waals surface area contributed by atoms with Crippen LogP contribution >= 0.6 is 12.2 Å². The summed E-state index contributed by atoms with van der Waals surface area (Å²) in [7, 11) is 0. The number of nitrogens with one attached hydrogen (secondary N) is 1. The molecular weight excluding hydrogens is 282 g/mol. The van der Waals surface area contributed by atoms with Crippen LogP contribution in [-0.4, -0.2) is 29.4 Å². The minimum absolute atomic E-state index is 0.467. The maximum Gasteiger partial charge on any atom is 0.256 e. The third-order valence-electron chi connectivity index (χ3n) is 3.82. The maximum atomic E-state index is 5.53. The average Bonchev–Trinajstić information content (AvgIpc) is 2.54. The molecule has 0 aliphatic carbocycles. The molecule has 5 heteroatoms. The van der Waals surface area contributed by atoms with Gasteiger partial charge in [0.05, 0.1) is 12.6 Å². The summed E-state index contributed by atoms with van der Waals surface area (Å²) in [5, 5.41) is 5.91. The highest BCUT2D eigenvalue weighted by Gasteiger charge is 2.26. The normalized spacial score (nSPS) is 21.5. The number of hydrogen-bond donors (Lipinski definition) is 2. The van der Waals surface area contributed by atoms with Gasteiger partial charge in [0.15, 0.2) is 0 Å². The largest absolute Gasteiger partial charge is 0.471 e. The number of hydrogen-bond acceptors (Lipinski definition) is 3. The van der Waals surface area contributed by atoms with Gasteiger partial charge in [0.2, 0.25) is 0 Å². The molecular formula is C16H24N3OS+. The van der Waals surface area contributed by atoms with Crippen LogP contribution in [0.1, 0.15) is 37.3 Å². The molecule has 114 valence electrons. The van der Waals surface area contributed by atoms with Gasteiger partial charge in [-0.15, -0.1) is 6.58 Å². The van der Waals surface area contributed by atoms with Crippen LogP contribution in [0.5, 0.6) is 0 Å². The van der Waals surface area contributed by atoms with Crippen LogP contribution < -0.4 is 10.6 Å². The zero-order chi connectivity index (χ0) is 14.9. The zero-order valence-electron chi connectivity index (χ0n) is 12.3. The Hall–Kier alpha value is -1.46. The van der Waals surface area contributed by atoms with E-state index in [1.807, 2.05) is 18.5 Å². The molecule has 1 aliphatic heterocycles. The molecule has 2 rings (SSSR count). The van der Waals surface area contributed by atoms with E-state index < -0.39 is 0 Å². The molecule has 21 heavy (non-hydrogen) atoms. The quantitative estimate of drug-likeness (QED) is 0.620. The van der Waals surface area contributed by atoms with Gasteiger partial charge >= 0.3 is 0 Å². The summed E-state index contributed by atoms with van der Waals surface area (Å²) < 4.78 is 5.53. The Morgan fingerprint density at radius 1 is 1.57 bits per heavy atom. The van der Waals surface area contributed by atoms with Crippen molar-refractivity contribution >= 4 is 17.4 Å². The first-order valence-electron chi connectivity index (χ1n) is 7.56. The molecule has 1 aliphatic rings. The van der Waals surface area contributed by atoms with Crippen molar-refractivity contribution in [3.8, 4) is 0 Å². The second-order valence-corrected chi connectivity index (χ2v) is 5.74. The van der Waals surface area contributed by atoms with E-state index in [2.05, 4.69) is 28.3 Å². The number of quaternary nitrogens is 1. The molecule has 0 saturated carbocycles. The molecule has 2 atom stereocenters. The van der Waals surface area contributed by atoms with Crippen LogP contribution in [0.3, 0.4) is 0 Å². The first kappa shape index (κ1) is 15.9. The number of aromatic nitrogens is 1. The summed E-state index contributed by atoms with van der Waals surface area (Å²) >= 11 is 5.09. The number of rotatable bonds is 6. The van der Waals surface area contributed by atoms with Gasteiger partial charge in [-0.05, 0) is 31.1 Å². The Morgan fingerprint density at radius 3 is 3.24 bits per heavy atom. The van der Waals surface area contributed by atoms with Crippen molar-refractivity contribution in [2.45, 2.75) is 37.8 Å². The van der Waals surface area contributed by atoms with E-state index in [0.717, 1.165) is 6.42 Å². The Bertz CT molecular complexity index is 452. The predicted octanol–water partition coefficient (Wildman–Crippen LogP) is 1.71. The number of nitrogens with zero attached hydrogens (tertiary/aromatic N) is 1. The SMILES string of the molecule is C=CCNC(=S)OCC[C@@H]1CCC[C@H](c2cccnc2)[NH2+]1. The monoisotopic (exact) mass is 306 g/mol. The van der Waals surface area contributed by atoms with E-state index in [1.165, 1.54) is 24.8 Å². The molecule has 1 fully saturated rings. The van der Waals surface area contributed by atoms with Gasteiger partial charge in [-0.2, -0.15) is 0 Å². The van der Waals surface area contributed by atoms with Gasteiger partial charge in [0.1, 0.15) is 6.04 Å². The number of nitrogens with two attached hydrogens (primary N) is 1. The van der Waals surface area contributed by atoms with Gasteiger partial charge < -0.3 is 15.4 Å². The van der Waals surface area contributed by atoms with Crippen LogP contribution in [0.4, 0.5) is 0 Å². The van der Waals surface area contributed by atoms with Crippen molar-refractivity contribution < 1.29 is 10.1 Å². The van der Waals surface area contributed by atoms with Gasteiger partial charge in [-0.1, -0.05) is 12.1 Å². The second-order valence-electron chi connectivity index (χ2n) is 5.37. The fraction of sp³-hybridized carbons (Fsp3) is 0.500. The lowest BCUT2D eigenvalue weighted by molar-refractivity contribution is -0.737. The molecule has 2 heterocycles. The second kappa shape index (κ2) is 8.74. The number of thiocarbonyl (C=S) groups is 1. The van der Waals surface area contributed by atoms with Gasteiger partial charge in [-0.25, -0.2) is 0 Å². The first-order valence-corrected chi connectivity index (χ1v) is 7.97.